The monoisotopic (exact) mass is 247 g/mol. The van der Waals surface area contributed by atoms with E-state index in [1.807, 2.05) is 7.05 Å². The summed E-state index contributed by atoms with van der Waals surface area (Å²) in [7, 11) is 1.90. The second-order valence-corrected chi connectivity index (χ2v) is 4.99. The lowest BCUT2D eigenvalue weighted by Crippen LogP contribution is -2.57. The molecule has 1 fully saturated rings. The molecule has 1 aromatic rings. The molecular weight excluding hydrogens is 226 g/mol. The fourth-order valence-corrected chi connectivity index (χ4v) is 2.53. The van der Waals surface area contributed by atoms with Crippen molar-refractivity contribution in [1.29, 1.82) is 0 Å². The van der Waals surface area contributed by atoms with Crippen molar-refractivity contribution in [3.05, 3.63) is 29.3 Å². The minimum atomic E-state index is 0.0986. The number of piperazine rings is 1. The lowest BCUT2D eigenvalue weighted by molar-refractivity contribution is -0.121. The van der Waals surface area contributed by atoms with Crippen molar-refractivity contribution >= 4 is 11.6 Å². The Morgan fingerprint density at radius 1 is 1.44 bits per heavy atom. The predicted molar refractivity (Wildman–Crippen MR) is 74.0 cm³/mol. The van der Waals surface area contributed by atoms with Gasteiger partial charge in [0.05, 0.1) is 12.6 Å². The zero-order chi connectivity index (χ0) is 13.1. The zero-order valence-electron chi connectivity index (χ0n) is 11.3. The van der Waals surface area contributed by atoms with Crippen LogP contribution < -0.4 is 15.5 Å². The van der Waals surface area contributed by atoms with Crippen LogP contribution in [0.25, 0.3) is 0 Å². The Morgan fingerprint density at radius 3 is 2.89 bits per heavy atom. The maximum atomic E-state index is 11.7. The first-order valence-electron chi connectivity index (χ1n) is 6.36. The maximum Gasteiger partial charge on any atom is 0.239 e. The molecular formula is C14H21N3O. The van der Waals surface area contributed by atoms with Crippen molar-refractivity contribution < 1.29 is 4.79 Å². The largest absolute Gasteiger partial charge is 0.360 e. The first kappa shape index (κ1) is 12.9. The highest BCUT2D eigenvalue weighted by molar-refractivity contribution is 5.83. The fourth-order valence-electron chi connectivity index (χ4n) is 2.53. The standard InChI is InChI=1S/C14H21N3O/c1-10-4-5-13(11(2)6-10)17-8-12(7-15-3)16-14(18)9-17/h4-6,12,15H,7-9H2,1-3H3,(H,16,18). The summed E-state index contributed by atoms with van der Waals surface area (Å²) in [5.41, 5.74) is 3.65. The van der Waals surface area contributed by atoms with E-state index in [4.69, 9.17) is 0 Å². The number of benzene rings is 1. The molecule has 0 spiro atoms. The average molecular weight is 247 g/mol. The van der Waals surface area contributed by atoms with Crippen LogP contribution in [0.3, 0.4) is 0 Å². The molecule has 0 radical (unpaired) electrons. The fraction of sp³-hybridized carbons (Fsp3) is 0.500. The number of aryl methyl sites for hydroxylation is 2. The van der Waals surface area contributed by atoms with Gasteiger partial charge in [-0.2, -0.15) is 0 Å². The van der Waals surface area contributed by atoms with Crippen LogP contribution in [-0.4, -0.2) is 38.6 Å². The van der Waals surface area contributed by atoms with Gasteiger partial charge in [-0.15, -0.1) is 0 Å². The number of nitrogens with one attached hydrogen (secondary N) is 2. The number of hydrogen-bond donors (Lipinski definition) is 2. The predicted octanol–water partition coefficient (Wildman–Crippen LogP) is 0.828. The molecule has 1 atom stereocenters. The summed E-state index contributed by atoms with van der Waals surface area (Å²) >= 11 is 0. The van der Waals surface area contributed by atoms with Gasteiger partial charge in [0, 0.05) is 18.8 Å². The topological polar surface area (TPSA) is 44.4 Å². The average Bonchev–Trinajstić information content (AvgIpc) is 2.28. The molecule has 4 heteroatoms. The SMILES string of the molecule is CNCC1CN(c2ccc(C)cc2C)CC(=O)N1. The number of likely N-dealkylation sites (N-methyl/N-ethyl adjacent to an activating group) is 1. The van der Waals surface area contributed by atoms with Crippen LogP contribution in [0.1, 0.15) is 11.1 Å². The van der Waals surface area contributed by atoms with Crippen molar-refractivity contribution in [3.8, 4) is 0 Å². The molecule has 2 rings (SSSR count). The molecule has 1 aliphatic rings. The first-order valence-corrected chi connectivity index (χ1v) is 6.36. The number of carbonyl (C=O) groups is 1. The number of amides is 1. The maximum absolute atomic E-state index is 11.7. The van der Waals surface area contributed by atoms with E-state index < -0.39 is 0 Å². The molecule has 1 saturated heterocycles. The zero-order valence-corrected chi connectivity index (χ0v) is 11.3. The molecule has 1 unspecified atom stereocenters. The van der Waals surface area contributed by atoms with Crippen LogP contribution in [0.4, 0.5) is 5.69 Å². The van der Waals surface area contributed by atoms with Crippen molar-refractivity contribution in [2.24, 2.45) is 0 Å². The van der Waals surface area contributed by atoms with Gasteiger partial charge in [-0.1, -0.05) is 17.7 Å². The minimum absolute atomic E-state index is 0.0986. The van der Waals surface area contributed by atoms with Crippen molar-refractivity contribution in [2.75, 3.05) is 31.6 Å². The molecule has 2 N–H and O–H groups in total. The number of nitrogens with zero attached hydrogens (tertiary/aromatic N) is 1. The van der Waals surface area contributed by atoms with Crippen LogP contribution in [0.15, 0.2) is 18.2 Å². The lowest BCUT2D eigenvalue weighted by Gasteiger charge is -2.35. The van der Waals surface area contributed by atoms with Gasteiger partial charge in [-0.3, -0.25) is 4.79 Å². The van der Waals surface area contributed by atoms with Gasteiger partial charge in [0.2, 0.25) is 5.91 Å². The summed E-state index contributed by atoms with van der Waals surface area (Å²) in [6, 6.07) is 6.55. The van der Waals surface area contributed by atoms with Gasteiger partial charge in [-0.05, 0) is 32.5 Å². The summed E-state index contributed by atoms with van der Waals surface area (Å²) in [5.74, 6) is 0.0986. The molecule has 1 amide bonds. The van der Waals surface area contributed by atoms with Crippen molar-refractivity contribution in [3.63, 3.8) is 0 Å². The molecule has 0 saturated carbocycles. The Kier molecular flexibility index (Phi) is 3.87. The van der Waals surface area contributed by atoms with E-state index in [0.29, 0.717) is 6.54 Å². The number of anilines is 1. The smallest absolute Gasteiger partial charge is 0.239 e. The summed E-state index contributed by atoms with van der Waals surface area (Å²) in [4.78, 5) is 13.9. The van der Waals surface area contributed by atoms with Crippen molar-refractivity contribution in [1.82, 2.24) is 10.6 Å². The Morgan fingerprint density at radius 2 is 2.22 bits per heavy atom. The van der Waals surface area contributed by atoms with Crippen LogP contribution in [0.5, 0.6) is 0 Å². The lowest BCUT2D eigenvalue weighted by atomic mass is 10.1. The highest BCUT2D eigenvalue weighted by atomic mass is 16.2. The molecule has 0 aliphatic carbocycles. The highest BCUT2D eigenvalue weighted by Gasteiger charge is 2.24. The van der Waals surface area contributed by atoms with Crippen LogP contribution in [0, 0.1) is 13.8 Å². The third kappa shape index (κ3) is 2.82. The van der Waals surface area contributed by atoms with Crippen LogP contribution in [0.2, 0.25) is 0 Å². The molecule has 0 bridgehead atoms. The van der Waals surface area contributed by atoms with Gasteiger partial charge in [-0.25, -0.2) is 0 Å². The van der Waals surface area contributed by atoms with Crippen molar-refractivity contribution in [2.45, 2.75) is 19.9 Å². The second-order valence-electron chi connectivity index (χ2n) is 4.99. The number of carbonyl (C=O) groups excluding carboxylic acids is 1. The number of rotatable bonds is 3. The molecule has 1 aliphatic heterocycles. The Hall–Kier alpha value is -1.55. The van der Waals surface area contributed by atoms with Gasteiger partial charge in [0.1, 0.15) is 0 Å². The summed E-state index contributed by atoms with van der Waals surface area (Å²) in [6.45, 7) is 6.29. The molecule has 1 heterocycles. The highest BCUT2D eigenvalue weighted by Crippen LogP contribution is 2.22. The minimum Gasteiger partial charge on any atom is -0.360 e. The van der Waals surface area contributed by atoms with E-state index in [9.17, 15) is 4.79 Å². The Labute approximate surface area is 108 Å². The quantitative estimate of drug-likeness (QED) is 0.831. The van der Waals surface area contributed by atoms with E-state index in [1.165, 1.54) is 11.1 Å². The first-order chi connectivity index (χ1) is 8.60. The molecule has 0 aromatic heterocycles. The van der Waals surface area contributed by atoms with E-state index in [1.54, 1.807) is 0 Å². The number of hydrogen-bond acceptors (Lipinski definition) is 3. The molecule has 18 heavy (non-hydrogen) atoms. The van der Waals surface area contributed by atoms with E-state index in [0.717, 1.165) is 18.8 Å². The van der Waals surface area contributed by atoms with Gasteiger partial charge < -0.3 is 15.5 Å². The van der Waals surface area contributed by atoms with Gasteiger partial charge >= 0.3 is 0 Å². The van der Waals surface area contributed by atoms with E-state index >= 15 is 0 Å². The second kappa shape index (κ2) is 5.40. The molecule has 4 nitrogen and oxygen atoms in total. The molecule has 1 aromatic carbocycles. The van der Waals surface area contributed by atoms with E-state index in [-0.39, 0.29) is 11.9 Å². The van der Waals surface area contributed by atoms with Gasteiger partial charge in [0.15, 0.2) is 0 Å². The summed E-state index contributed by atoms with van der Waals surface area (Å²) < 4.78 is 0. The Balaban J connectivity index is 2.18. The van der Waals surface area contributed by atoms with Crippen LogP contribution in [-0.2, 0) is 4.79 Å². The summed E-state index contributed by atoms with van der Waals surface area (Å²) in [5, 5.41) is 6.12. The third-order valence-corrected chi connectivity index (χ3v) is 3.28. The van der Waals surface area contributed by atoms with E-state index in [2.05, 4.69) is 47.6 Å². The van der Waals surface area contributed by atoms with Gasteiger partial charge in [0.25, 0.3) is 0 Å². The normalized spacial score (nSPS) is 19.8. The summed E-state index contributed by atoms with van der Waals surface area (Å²) in [6.07, 6.45) is 0. The Bertz CT molecular complexity index is 445. The van der Waals surface area contributed by atoms with Crippen LogP contribution >= 0.6 is 0 Å². The molecule has 98 valence electrons. The third-order valence-electron chi connectivity index (χ3n) is 3.28.